The number of amides is 1. The minimum absolute atomic E-state index is 0.00433. The highest BCUT2D eigenvalue weighted by atomic mass is 35.5. The smallest absolute Gasteiger partial charge is 0.336 e. The molecule has 36 heavy (non-hydrogen) atoms. The molecule has 4 rings (SSSR count). The third kappa shape index (κ3) is 4.75. The van der Waals surface area contributed by atoms with Crippen molar-refractivity contribution in [2.45, 2.75) is 64.6 Å². The number of esters is 1. The van der Waals surface area contributed by atoms with Crippen molar-refractivity contribution in [3.63, 3.8) is 0 Å². The van der Waals surface area contributed by atoms with Crippen LogP contribution < -0.4 is 0 Å². The molecule has 6 nitrogen and oxygen atoms in total. The Kier molecular flexibility index (Phi) is 7.98. The Balaban J connectivity index is 1.74. The number of cyclic esters (lactones) is 1. The van der Waals surface area contributed by atoms with E-state index >= 15 is 0 Å². The number of alkyl halides is 1. The zero-order valence-electron chi connectivity index (χ0n) is 21.3. The number of rotatable bonds is 8. The number of hydrogen-bond acceptors (Lipinski definition) is 5. The van der Waals surface area contributed by atoms with Crippen molar-refractivity contribution in [3.8, 4) is 0 Å². The third-order valence-electron chi connectivity index (χ3n) is 9.27. The fourth-order valence-electron chi connectivity index (χ4n) is 7.16. The van der Waals surface area contributed by atoms with Gasteiger partial charge in [-0.15, -0.1) is 11.6 Å². The van der Waals surface area contributed by atoms with Crippen LogP contribution in [0.2, 0.25) is 0 Å². The number of benzene rings is 1. The minimum Gasteiger partial charge on any atom is -0.458 e. The number of fused-ring (bicyclic) bond motifs is 1. The fourth-order valence-corrected chi connectivity index (χ4v) is 7.31. The lowest BCUT2D eigenvalue weighted by Crippen LogP contribution is -2.58. The Morgan fingerprint density at radius 1 is 1.28 bits per heavy atom. The second-order valence-corrected chi connectivity index (χ2v) is 11.4. The van der Waals surface area contributed by atoms with Crippen LogP contribution in [0.5, 0.6) is 0 Å². The molecule has 6 atom stereocenters. The Labute approximate surface area is 219 Å². The summed E-state index contributed by atoms with van der Waals surface area (Å²) in [5.74, 6) is -0.747. The van der Waals surface area contributed by atoms with E-state index in [9.17, 15) is 19.8 Å². The van der Waals surface area contributed by atoms with Gasteiger partial charge in [-0.2, -0.15) is 0 Å². The van der Waals surface area contributed by atoms with Gasteiger partial charge < -0.3 is 19.8 Å². The van der Waals surface area contributed by atoms with Crippen LogP contribution in [0.15, 0.2) is 54.1 Å². The molecule has 7 heteroatoms. The van der Waals surface area contributed by atoms with Gasteiger partial charge in [0.2, 0.25) is 5.91 Å². The van der Waals surface area contributed by atoms with Gasteiger partial charge in [0.05, 0.1) is 24.3 Å². The summed E-state index contributed by atoms with van der Waals surface area (Å²) in [5, 5.41) is 21.2. The summed E-state index contributed by atoms with van der Waals surface area (Å²) in [6.07, 6.45) is 4.74. The van der Waals surface area contributed by atoms with Gasteiger partial charge in [-0.25, -0.2) is 4.79 Å². The van der Waals surface area contributed by atoms with E-state index in [2.05, 4.69) is 13.5 Å². The first kappa shape index (κ1) is 26.9. The quantitative estimate of drug-likeness (QED) is 0.307. The van der Waals surface area contributed by atoms with Gasteiger partial charge in [0.15, 0.2) is 0 Å². The van der Waals surface area contributed by atoms with E-state index in [0.29, 0.717) is 25.0 Å². The van der Waals surface area contributed by atoms with Gasteiger partial charge in [0, 0.05) is 12.0 Å². The molecule has 3 aliphatic rings. The maximum atomic E-state index is 13.2. The second-order valence-electron chi connectivity index (χ2n) is 11.2. The van der Waals surface area contributed by atoms with Crippen LogP contribution in [-0.4, -0.2) is 58.2 Å². The lowest BCUT2D eigenvalue weighted by Gasteiger charge is -2.60. The van der Waals surface area contributed by atoms with Crippen molar-refractivity contribution in [2.24, 2.45) is 22.7 Å². The summed E-state index contributed by atoms with van der Waals surface area (Å²) in [7, 11) is 0. The molecule has 2 aliphatic carbocycles. The summed E-state index contributed by atoms with van der Waals surface area (Å²) in [6.45, 7) is 9.09. The maximum absolute atomic E-state index is 13.2. The normalized spacial score (nSPS) is 32.9. The molecule has 2 saturated carbocycles. The molecule has 1 aromatic rings. The van der Waals surface area contributed by atoms with Crippen molar-refractivity contribution in [1.29, 1.82) is 0 Å². The van der Waals surface area contributed by atoms with Gasteiger partial charge in [-0.3, -0.25) is 4.79 Å². The van der Waals surface area contributed by atoms with Crippen LogP contribution in [0.3, 0.4) is 0 Å². The van der Waals surface area contributed by atoms with Crippen molar-refractivity contribution < 1.29 is 24.5 Å². The number of aliphatic hydroxyl groups excluding tert-OH is 2. The molecule has 3 unspecified atom stereocenters. The first-order chi connectivity index (χ1) is 17.2. The van der Waals surface area contributed by atoms with Crippen LogP contribution >= 0.6 is 11.6 Å². The molecule has 1 aliphatic heterocycles. The van der Waals surface area contributed by atoms with E-state index in [1.165, 1.54) is 0 Å². The average molecular weight is 516 g/mol. The summed E-state index contributed by atoms with van der Waals surface area (Å²) < 4.78 is 5.28. The average Bonchev–Trinajstić information content (AvgIpc) is 3.30. The first-order valence-corrected chi connectivity index (χ1v) is 13.4. The lowest BCUT2D eigenvalue weighted by atomic mass is 9.46. The number of allylic oxidation sites excluding steroid dienone is 1. The van der Waals surface area contributed by atoms with E-state index in [1.54, 1.807) is 11.0 Å². The monoisotopic (exact) mass is 515 g/mol. The van der Waals surface area contributed by atoms with Crippen molar-refractivity contribution in [1.82, 2.24) is 4.90 Å². The largest absolute Gasteiger partial charge is 0.458 e. The van der Waals surface area contributed by atoms with Gasteiger partial charge in [0.25, 0.3) is 0 Å². The summed E-state index contributed by atoms with van der Waals surface area (Å²) in [4.78, 5) is 27.7. The molecule has 2 N–H and O–H groups in total. The Hall–Kier alpha value is -2.15. The number of nitrogens with zero attached hydrogens (tertiary/aromatic N) is 1. The molecule has 0 bridgehead atoms. The van der Waals surface area contributed by atoms with E-state index in [-0.39, 0.29) is 42.3 Å². The van der Waals surface area contributed by atoms with Gasteiger partial charge in [-0.1, -0.05) is 56.3 Å². The standard InChI is InChI=1S/C29H38ClNO5/c1-19-9-10-24-28(2,13-11-25(33)29(24,3)18-32)22(19)15-23(21-12-14-36-27(21)35)31(26(34)16-30)17-20-7-5-4-6-8-20/h4-8,12,22-25,32-33H,1,9-11,13-18H2,2-3H3/t22-,23?,24?,25?,28+,29-/m0/s1. The Bertz CT molecular complexity index is 1030. The molecule has 0 spiro atoms. The number of carbonyl (C=O) groups excluding carboxylic acids is 2. The maximum Gasteiger partial charge on any atom is 0.336 e. The fraction of sp³-hybridized carbons (Fsp3) is 0.586. The minimum atomic E-state index is -0.608. The van der Waals surface area contributed by atoms with E-state index in [1.807, 2.05) is 37.3 Å². The molecule has 0 aromatic heterocycles. The van der Waals surface area contributed by atoms with Crippen molar-refractivity contribution >= 4 is 23.5 Å². The second kappa shape index (κ2) is 10.7. The topological polar surface area (TPSA) is 87.1 Å². The number of carbonyl (C=O) groups is 2. The number of halogens is 1. The number of hydrogen-bond donors (Lipinski definition) is 2. The summed E-state index contributed by atoms with van der Waals surface area (Å²) in [6, 6.07) is 9.17. The molecular weight excluding hydrogens is 478 g/mol. The van der Waals surface area contributed by atoms with Crippen LogP contribution in [0.1, 0.15) is 51.5 Å². The predicted octanol–water partition coefficient (Wildman–Crippen LogP) is 4.24. The Morgan fingerprint density at radius 2 is 2.00 bits per heavy atom. The number of ether oxygens (including phenoxy) is 1. The summed E-state index contributed by atoms with van der Waals surface area (Å²) >= 11 is 6.08. The van der Waals surface area contributed by atoms with Crippen LogP contribution in [0.25, 0.3) is 0 Å². The summed E-state index contributed by atoms with van der Waals surface area (Å²) in [5.41, 5.74) is 1.69. The van der Waals surface area contributed by atoms with Crippen molar-refractivity contribution in [3.05, 3.63) is 59.7 Å². The van der Waals surface area contributed by atoms with E-state index in [4.69, 9.17) is 16.3 Å². The van der Waals surface area contributed by atoms with E-state index < -0.39 is 23.5 Å². The molecular formula is C29H38ClNO5. The van der Waals surface area contributed by atoms with Gasteiger partial charge >= 0.3 is 5.97 Å². The van der Waals surface area contributed by atoms with Gasteiger partial charge in [-0.05, 0) is 61.0 Å². The zero-order valence-corrected chi connectivity index (χ0v) is 22.0. The highest BCUT2D eigenvalue weighted by molar-refractivity contribution is 6.27. The molecule has 1 aromatic carbocycles. The van der Waals surface area contributed by atoms with Crippen LogP contribution in [0.4, 0.5) is 0 Å². The zero-order chi connectivity index (χ0) is 26.1. The molecule has 0 radical (unpaired) electrons. The molecule has 2 fully saturated rings. The van der Waals surface area contributed by atoms with Crippen molar-refractivity contribution in [2.75, 3.05) is 19.1 Å². The van der Waals surface area contributed by atoms with Crippen LogP contribution in [-0.2, 0) is 20.9 Å². The predicted molar refractivity (Wildman–Crippen MR) is 139 cm³/mol. The molecule has 196 valence electrons. The molecule has 1 heterocycles. The first-order valence-electron chi connectivity index (χ1n) is 12.9. The third-order valence-corrected chi connectivity index (χ3v) is 9.50. The molecule has 0 saturated heterocycles. The SMILES string of the molecule is C=C1CCC2[C@](C)(CO)C(O)CC[C@]2(C)[C@H]1CC(C1=CCOC1=O)N(Cc1ccccc1)C(=O)CCl. The Morgan fingerprint density at radius 3 is 2.61 bits per heavy atom. The van der Waals surface area contributed by atoms with Crippen LogP contribution in [0, 0.1) is 22.7 Å². The lowest BCUT2D eigenvalue weighted by molar-refractivity contribution is -0.155. The highest BCUT2D eigenvalue weighted by Crippen LogP contribution is 2.62. The highest BCUT2D eigenvalue weighted by Gasteiger charge is 2.58. The number of aliphatic hydroxyl groups is 2. The van der Waals surface area contributed by atoms with Gasteiger partial charge in [0.1, 0.15) is 12.5 Å². The molecule has 1 amide bonds. The van der Waals surface area contributed by atoms with E-state index in [0.717, 1.165) is 30.4 Å².